The van der Waals surface area contributed by atoms with Crippen LogP contribution >= 0.6 is 39.9 Å². The van der Waals surface area contributed by atoms with E-state index in [4.69, 9.17) is 21.7 Å². The van der Waals surface area contributed by atoms with Crippen LogP contribution in [-0.2, 0) is 4.79 Å². The standard InChI is InChI=1S/C13H13BrN2O3S2/c1-3-19-12-9(14)4-8(5-10(12)18-2)6-15-16-11(17)7-21-13(16)20/h4-6H,3,7H2,1-2H3/b15-6+. The number of ether oxygens (including phenoxy) is 2. The molecule has 1 aliphatic heterocycles. The molecule has 0 radical (unpaired) electrons. The molecule has 2 rings (SSSR count). The minimum absolute atomic E-state index is 0.113. The van der Waals surface area contributed by atoms with E-state index in [-0.39, 0.29) is 5.91 Å². The third-order valence-electron chi connectivity index (χ3n) is 2.59. The molecule has 5 nitrogen and oxygen atoms in total. The first kappa shape index (κ1) is 16.3. The Bertz CT molecular complexity index is 591. The van der Waals surface area contributed by atoms with Gasteiger partial charge in [0.1, 0.15) is 0 Å². The number of methoxy groups -OCH3 is 1. The monoisotopic (exact) mass is 388 g/mol. The lowest BCUT2D eigenvalue weighted by atomic mass is 10.2. The van der Waals surface area contributed by atoms with Crippen LogP contribution in [0, 0.1) is 0 Å². The molecule has 0 atom stereocenters. The average Bonchev–Trinajstić information content (AvgIpc) is 2.78. The summed E-state index contributed by atoms with van der Waals surface area (Å²) in [5.74, 6) is 1.46. The summed E-state index contributed by atoms with van der Waals surface area (Å²) in [5.41, 5.74) is 0.773. The lowest BCUT2D eigenvalue weighted by Gasteiger charge is -2.12. The Labute approximate surface area is 140 Å². The third kappa shape index (κ3) is 3.75. The molecule has 1 aromatic carbocycles. The number of thioether (sulfide) groups is 1. The summed E-state index contributed by atoms with van der Waals surface area (Å²) >= 11 is 9.81. The van der Waals surface area contributed by atoms with E-state index >= 15 is 0 Å². The van der Waals surface area contributed by atoms with E-state index in [1.807, 2.05) is 13.0 Å². The number of nitrogens with zero attached hydrogens (tertiary/aromatic N) is 2. The Kier molecular flexibility index (Phi) is 5.60. The molecular formula is C13H13BrN2O3S2. The normalized spacial score (nSPS) is 15.1. The molecule has 8 heteroatoms. The Morgan fingerprint density at radius 2 is 2.33 bits per heavy atom. The molecule has 0 N–H and O–H groups in total. The Balaban J connectivity index is 2.26. The van der Waals surface area contributed by atoms with E-state index in [0.717, 1.165) is 10.0 Å². The van der Waals surface area contributed by atoms with Crippen molar-refractivity contribution in [3.8, 4) is 11.5 Å². The summed E-state index contributed by atoms with van der Waals surface area (Å²) in [7, 11) is 1.57. The van der Waals surface area contributed by atoms with Gasteiger partial charge in [-0.1, -0.05) is 24.0 Å². The number of rotatable bonds is 5. The number of hydrazone groups is 1. The summed E-state index contributed by atoms with van der Waals surface area (Å²) in [5, 5.41) is 5.36. The molecule has 0 saturated carbocycles. The molecule has 1 fully saturated rings. The van der Waals surface area contributed by atoms with E-state index in [2.05, 4.69) is 21.0 Å². The summed E-state index contributed by atoms with van der Waals surface area (Å²) in [4.78, 5) is 11.6. The lowest BCUT2D eigenvalue weighted by molar-refractivity contribution is -0.123. The van der Waals surface area contributed by atoms with Gasteiger partial charge in [0, 0.05) is 0 Å². The van der Waals surface area contributed by atoms with Gasteiger partial charge < -0.3 is 9.47 Å². The molecule has 1 amide bonds. The number of thiocarbonyl (C=S) groups is 1. The largest absolute Gasteiger partial charge is 0.493 e. The van der Waals surface area contributed by atoms with Gasteiger partial charge in [0.25, 0.3) is 5.91 Å². The van der Waals surface area contributed by atoms with Gasteiger partial charge in [0.15, 0.2) is 15.8 Å². The number of hydrogen-bond acceptors (Lipinski definition) is 6. The number of amides is 1. The van der Waals surface area contributed by atoms with Gasteiger partial charge in [-0.15, -0.1) is 0 Å². The second-order valence-corrected chi connectivity index (χ2v) is 6.44. The zero-order chi connectivity index (χ0) is 15.4. The SMILES string of the molecule is CCOc1c(Br)cc(/C=N/N2C(=O)CSC2=S)cc1OC. The highest BCUT2D eigenvalue weighted by atomic mass is 79.9. The number of carbonyl (C=O) groups is 1. The highest BCUT2D eigenvalue weighted by molar-refractivity contribution is 9.10. The van der Waals surface area contributed by atoms with Gasteiger partial charge in [-0.3, -0.25) is 4.79 Å². The lowest BCUT2D eigenvalue weighted by Crippen LogP contribution is -2.22. The predicted molar refractivity (Wildman–Crippen MR) is 91.4 cm³/mol. The molecule has 0 unspecified atom stereocenters. The summed E-state index contributed by atoms with van der Waals surface area (Å²) in [6.07, 6.45) is 1.57. The Morgan fingerprint density at radius 1 is 1.57 bits per heavy atom. The van der Waals surface area contributed by atoms with Gasteiger partial charge in [0.05, 0.1) is 30.2 Å². The van der Waals surface area contributed by atoms with Crippen molar-refractivity contribution in [1.82, 2.24) is 5.01 Å². The Morgan fingerprint density at radius 3 is 2.90 bits per heavy atom. The van der Waals surface area contributed by atoms with Crippen LogP contribution in [-0.4, -0.2) is 40.9 Å². The van der Waals surface area contributed by atoms with Gasteiger partial charge in [0.2, 0.25) is 0 Å². The fourth-order valence-corrected chi connectivity index (χ4v) is 3.22. The van der Waals surface area contributed by atoms with Crippen molar-refractivity contribution in [2.45, 2.75) is 6.92 Å². The second-order valence-electron chi connectivity index (χ2n) is 3.97. The van der Waals surface area contributed by atoms with Crippen LogP contribution in [0.2, 0.25) is 0 Å². The Hall–Kier alpha value is -1.12. The molecule has 21 heavy (non-hydrogen) atoms. The van der Waals surface area contributed by atoms with Crippen molar-refractivity contribution in [2.75, 3.05) is 19.5 Å². The maximum atomic E-state index is 11.6. The maximum Gasteiger partial charge on any atom is 0.259 e. The van der Waals surface area contributed by atoms with Gasteiger partial charge in [-0.05, 0) is 40.5 Å². The first-order valence-corrected chi connectivity index (χ1v) is 8.29. The maximum absolute atomic E-state index is 11.6. The summed E-state index contributed by atoms with van der Waals surface area (Å²) in [6, 6.07) is 3.63. The van der Waals surface area contributed by atoms with Crippen LogP contribution in [0.5, 0.6) is 11.5 Å². The number of carbonyl (C=O) groups excluding carboxylic acids is 1. The summed E-state index contributed by atoms with van der Waals surface area (Å²) in [6.45, 7) is 2.44. The van der Waals surface area contributed by atoms with Crippen LogP contribution in [0.3, 0.4) is 0 Å². The van der Waals surface area contributed by atoms with E-state index in [1.54, 1.807) is 19.4 Å². The van der Waals surface area contributed by atoms with E-state index < -0.39 is 0 Å². The van der Waals surface area contributed by atoms with Crippen molar-refractivity contribution >= 4 is 56.4 Å². The molecule has 0 bridgehead atoms. The first-order valence-electron chi connectivity index (χ1n) is 6.10. The van der Waals surface area contributed by atoms with Crippen LogP contribution in [0.4, 0.5) is 0 Å². The van der Waals surface area contributed by atoms with Crippen molar-refractivity contribution in [2.24, 2.45) is 5.10 Å². The smallest absolute Gasteiger partial charge is 0.259 e. The fourth-order valence-electron chi connectivity index (χ4n) is 1.68. The highest BCUT2D eigenvalue weighted by Crippen LogP contribution is 2.36. The van der Waals surface area contributed by atoms with Crippen molar-refractivity contribution < 1.29 is 14.3 Å². The van der Waals surface area contributed by atoms with Crippen molar-refractivity contribution in [3.05, 3.63) is 22.2 Å². The minimum atomic E-state index is -0.113. The third-order valence-corrected chi connectivity index (χ3v) is 4.52. The first-order chi connectivity index (χ1) is 10.1. The molecule has 112 valence electrons. The zero-order valence-electron chi connectivity index (χ0n) is 11.5. The van der Waals surface area contributed by atoms with Crippen LogP contribution < -0.4 is 9.47 Å². The van der Waals surface area contributed by atoms with E-state index in [9.17, 15) is 4.79 Å². The van der Waals surface area contributed by atoms with Crippen molar-refractivity contribution in [1.29, 1.82) is 0 Å². The van der Waals surface area contributed by atoms with E-state index in [0.29, 0.717) is 28.2 Å². The molecular weight excluding hydrogens is 376 g/mol. The molecule has 0 aliphatic carbocycles. The topological polar surface area (TPSA) is 51.1 Å². The predicted octanol–water partition coefficient (Wildman–Crippen LogP) is 3.05. The van der Waals surface area contributed by atoms with E-state index in [1.165, 1.54) is 16.8 Å². The molecule has 1 saturated heterocycles. The van der Waals surface area contributed by atoms with Crippen LogP contribution in [0.25, 0.3) is 0 Å². The van der Waals surface area contributed by atoms with Gasteiger partial charge >= 0.3 is 0 Å². The molecule has 1 aliphatic rings. The number of benzene rings is 1. The fraction of sp³-hybridized carbons (Fsp3) is 0.308. The number of hydrogen-bond donors (Lipinski definition) is 0. The van der Waals surface area contributed by atoms with Gasteiger partial charge in [-0.25, -0.2) is 0 Å². The highest BCUT2D eigenvalue weighted by Gasteiger charge is 2.26. The second kappa shape index (κ2) is 7.24. The zero-order valence-corrected chi connectivity index (χ0v) is 14.7. The molecule has 0 aromatic heterocycles. The molecule has 0 spiro atoms. The quantitative estimate of drug-likeness (QED) is 0.572. The van der Waals surface area contributed by atoms with Crippen molar-refractivity contribution in [3.63, 3.8) is 0 Å². The number of halogens is 1. The van der Waals surface area contributed by atoms with Crippen LogP contribution in [0.1, 0.15) is 12.5 Å². The molecule has 1 heterocycles. The van der Waals surface area contributed by atoms with Gasteiger partial charge in [-0.2, -0.15) is 10.1 Å². The van der Waals surface area contributed by atoms with Crippen LogP contribution in [0.15, 0.2) is 21.7 Å². The summed E-state index contributed by atoms with van der Waals surface area (Å²) < 4.78 is 12.1. The average molecular weight is 389 g/mol. The minimum Gasteiger partial charge on any atom is -0.493 e. The molecule has 1 aromatic rings.